The van der Waals surface area contributed by atoms with Crippen molar-refractivity contribution < 1.29 is 4.79 Å². The smallest absolute Gasteiger partial charge is 0.185 e. The van der Waals surface area contributed by atoms with Gasteiger partial charge in [0, 0.05) is 15.5 Å². The number of carbonyl (C=O) groups is 1. The number of rotatable bonds is 4. The SMILES string of the molecule is CSc1ccc(C(=O)C=Cc2ccccc2Cl)cc1. The van der Waals surface area contributed by atoms with Crippen molar-refractivity contribution in [3.8, 4) is 0 Å². The summed E-state index contributed by atoms with van der Waals surface area (Å²) in [4.78, 5) is 13.1. The second kappa shape index (κ2) is 6.60. The maximum absolute atomic E-state index is 12.0. The molecule has 2 rings (SSSR count). The number of thioether (sulfide) groups is 1. The van der Waals surface area contributed by atoms with E-state index in [1.165, 1.54) is 0 Å². The molecule has 96 valence electrons. The van der Waals surface area contributed by atoms with Crippen LogP contribution in [0.2, 0.25) is 5.02 Å². The van der Waals surface area contributed by atoms with E-state index < -0.39 is 0 Å². The number of ketones is 1. The Balaban J connectivity index is 2.14. The van der Waals surface area contributed by atoms with Crippen LogP contribution >= 0.6 is 23.4 Å². The van der Waals surface area contributed by atoms with Gasteiger partial charge in [-0.25, -0.2) is 0 Å². The van der Waals surface area contributed by atoms with Gasteiger partial charge in [0.05, 0.1) is 0 Å². The van der Waals surface area contributed by atoms with E-state index in [-0.39, 0.29) is 5.78 Å². The zero-order valence-corrected chi connectivity index (χ0v) is 12.0. The number of carbonyl (C=O) groups excluding carboxylic acids is 1. The van der Waals surface area contributed by atoms with Crippen LogP contribution in [0.4, 0.5) is 0 Å². The summed E-state index contributed by atoms with van der Waals surface area (Å²) in [6.07, 6.45) is 5.30. The van der Waals surface area contributed by atoms with Gasteiger partial charge in [0.25, 0.3) is 0 Å². The third-order valence-corrected chi connectivity index (χ3v) is 3.78. The van der Waals surface area contributed by atoms with Gasteiger partial charge >= 0.3 is 0 Å². The molecule has 0 amide bonds. The lowest BCUT2D eigenvalue weighted by Gasteiger charge is -1.99. The molecule has 0 aliphatic carbocycles. The van der Waals surface area contributed by atoms with Crippen LogP contribution < -0.4 is 0 Å². The number of benzene rings is 2. The minimum atomic E-state index is -0.0208. The van der Waals surface area contributed by atoms with Crippen LogP contribution in [-0.2, 0) is 0 Å². The van der Waals surface area contributed by atoms with Gasteiger partial charge in [-0.1, -0.05) is 29.8 Å². The van der Waals surface area contributed by atoms with Crippen molar-refractivity contribution >= 4 is 35.2 Å². The van der Waals surface area contributed by atoms with E-state index in [0.29, 0.717) is 10.6 Å². The van der Waals surface area contributed by atoms with Gasteiger partial charge in [-0.05, 0) is 54.3 Å². The van der Waals surface area contributed by atoms with Gasteiger partial charge in [0.1, 0.15) is 0 Å². The monoisotopic (exact) mass is 288 g/mol. The highest BCUT2D eigenvalue weighted by Gasteiger charge is 2.02. The maximum atomic E-state index is 12.0. The molecule has 2 aromatic carbocycles. The number of hydrogen-bond acceptors (Lipinski definition) is 2. The normalized spacial score (nSPS) is 10.8. The molecule has 0 aliphatic rings. The molecule has 0 N–H and O–H groups in total. The molecule has 0 fully saturated rings. The van der Waals surface area contributed by atoms with Crippen molar-refractivity contribution in [2.75, 3.05) is 6.26 Å². The minimum Gasteiger partial charge on any atom is -0.289 e. The molecular formula is C16H13ClOS. The van der Waals surface area contributed by atoms with Crippen LogP contribution in [0.25, 0.3) is 6.08 Å². The molecule has 0 saturated heterocycles. The van der Waals surface area contributed by atoms with Crippen molar-refractivity contribution in [3.63, 3.8) is 0 Å². The molecule has 0 aromatic heterocycles. The molecule has 1 nitrogen and oxygen atoms in total. The molecule has 0 aliphatic heterocycles. The summed E-state index contributed by atoms with van der Waals surface area (Å²) in [6, 6.07) is 15.0. The largest absolute Gasteiger partial charge is 0.289 e. The van der Waals surface area contributed by atoms with Gasteiger partial charge < -0.3 is 0 Å². The van der Waals surface area contributed by atoms with Crippen LogP contribution in [0.1, 0.15) is 15.9 Å². The molecule has 0 heterocycles. The summed E-state index contributed by atoms with van der Waals surface area (Å²) in [7, 11) is 0. The number of hydrogen-bond donors (Lipinski definition) is 0. The molecule has 3 heteroatoms. The second-order valence-corrected chi connectivity index (χ2v) is 5.23. The molecule has 0 radical (unpaired) electrons. The Bertz CT molecular complexity index is 602. The molecule has 0 spiro atoms. The van der Waals surface area contributed by atoms with E-state index in [1.54, 1.807) is 30.0 Å². The van der Waals surface area contributed by atoms with Crippen molar-refractivity contribution in [1.29, 1.82) is 0 Å². The first kappa shape index (κ1) is 13.9. The summed E-state index contributed by atoms with van der Waals surface area (Å²) in [6.45, 7) is 0. The molecule has 0 bridgehead atoms. The Hall–Kier alpha value is -1.51. The zero-order valence-electron chi connectivity index (χ0n) is 10.5. The Morgan fingerprint density at radius 1 is 1.11 bits per heavy atom. The highest BCUT2D eigenvalue weighted by atomic mass is 35.5. The van der Waals surface area contributed by atoms with Crippen LogP contribution in [0.3, 0.4) is 0 Å². The average Bonchev–Trinajstić information content (AvgIpc) is 2.46. The van der Waals surface area contributed by atoms with Crippen LogP contribution in [0.5, 0.6) is 0 Å². The third-order valence-electron chi connectivity index (χ3n) is 2.69. The van der Waals surface area contributed by atoms with Crippen molar-refractivity contribution in [2.24, 2.45) is 0 Å². The fraction of sp³-hybridized carbons (Fsp3) is 0.0625. The first-order valence-corrected chi connectivity index (χ1v) is 7.42. The summed E-state index contributed by atoms with van der Waals surface area (Å²) in [5, 5.41) is 0.643. The van der Waals surface area contributed by atoms with E-state index >= 15 is 0 Å². The van der Waals surface area contributed by atoms with Crippen molar-refractivity contribution in [1.82, 2.24) is 0 Å². The van der Waals surface area contributed by atoms with Crippen molar-refractivity contribution in [2.45, 2.75) is 4.90 Å². The molecule has 19 heavy (non-hydrogen) atoms. The van der Waals surface area contributed by atoms with Crippen LogP contribution in [-0.4, -0.2) is 12.0 Å². The zero-order chi connectivity index (χ0) is 13.7. The quantitative estimate of drug-likeness (QED) is 0.449. The Morgan fingerprint density at radius 2 is 1.79 bits per heavy atom. The van der Waals surface area contributed by atoms with E-state index in [4.69, 9.17) is 11.6 Å². The second-order valence-electron chi connectivity index (χ2n) is 3.95. The third kappa shape index (κ3) is 3.72. The van der Waals surface area contributed by atoms with E-state index in [9.17, 15) is 4.79 Å². The molecule has 0 atom stereocenters. The summed E-state index contributed by atoms with van der Waals surface area (Å²) >= 11 is 7.68. The summed E-state index contributed by atoms with van der Waals surface area (Å²) in [5.41, 5.74) is 1.53. The predicted molar refractivity (Wildman–Crippen MR) is 83.0 cm³/mol. The summed E-state index contributed by atoms with van der Waals surface area (Å²) in [5.74, 6) is -0.0208. The fourth-order valence-electron chi connectivity index (χ4n) is 1.63. The molecule has 0 saturated carbocycles. The minimum absolute atomic E-state index is 0.0208. The van der Waals surface area contributed by atoms with E-state index in [0.717, 1.165) is 10.5 Å². The lowest BCUT2D eigenvalue weighted by molar-refractivity contribution is 0.104. The first-order chi connectivity index (χ1) is 9.20. The van der Waals surface area contributed by atoms with Gasteiger partial charge in [0.2, 0.25) is 0 Å². The Morgan fingerprint density at radius 3 is 2.42 bits per heavy atom. The van der Waals surface area contributed by atoms with Gasteiger partial charge in [0.15, 0.2) is 5.78 Å². The van der Waals surface area contributed by atoms with Crippen LogP contribution in [0.15, 0.2) is 59.5 Å². The predicted octanol–water partition coefficient (Wildman–Crippen LogP) is 4.96. The van der Waals surface area contributed by atoms with Crippen molar-refractivity contribution in [3.05, 3.63) is 70.8 Å². The van der Waals surface area contributed by atoms with E-state index in [1.807, 2.05) is 48.7 Å². The molecule has 2 aromatic rings. The Labute approximate surface area is 122 Å². The van der Waals surface area contributed by atoms with Gasteiger partial charge in [-0.3, -0.25) is 4.79 Å². The fourth-order valence-corrected chi connectivity index (χ4v) is 2.23. The topological polar surface area (TPSA) is 17.1 Å². The molecular weight excluding hydrogens is 276 g/mol. The lowest BCUT2D eigenvalue weighted by Crippen LogP contribution is -1.93. The number of allylic oxidation sites excluding steroid dienone is 1. The highest BCUT2D eigenvalue weighted by Crippen LogP contribution is 2.18. The average molecular weight is 289 g/mol. The Kier molecular flexibility index (Phi) is 4.83. The van der Waals surface area contributed by atoms with Gasteiger partial charge in [-0.2, -0.15) is 0 Å². The van der Waals surface area contributed by atoms with Crippen LogP contribution in [0, 0.1) is 0 Å². The number of halogens is 1. The standard InChI is InChI=1S/C16H13ClOS/c1-19-14-9-6-13(7-10-14)16(18)11-8-12-4-2-3-5-15(12)17/h2-11H,1H3. The van der Waals surface area contributed by atoms with Gasteiger partial charge in [-0.15, -0.1) is 11.8 Å². The maximum Gasteiger partial charge on any atom is 0.185 e. The summed E-state index contributed by atoms with van der Waals surface area (Å²) < 4.78 is 0. The highest BCUT2D eigenvalue weighted by molar-refractivity contribution is 7.98. The van der Waals surface area contributed by atoms with E-state index in [2.05, 4.69) is 0 Å². The lowest BCUT2D eigenvalue weighted by atomic mass is 10.1. The first-order valence-electron chi connectivity index (χ1n) is 5.81. The molecule has 0 unspecified atom stereocenters.